The number of piperazine rings is 1. The van der Waals surface area contributed by atoms with Crippen LogP contribution in [0.5, 0.6) is 0 Å². The summed E-state index contributed by atoms with van der Waals surface area (Å²) in [6.07, 6.45) is 0. The van der Waals surface area contributed by atoms with E-state index in [1.807, 2.05) is 76.6 Å². The number of fused-ring (bicyclic) bond motifs is 1. The van der Waals surface area contributed by atoms with Gasteiger partial charge in [0.2, 0.25) is 10.0 Å². The molecule has 8 nitrogen and oxygen atoms in total. The van der Waals surface area contributed by atoms with Gasteiger partial charge in [0.1, 0.15) is 5.82 Å². The highest BCUT2D eigenvalue weighted by molar-refractivity contribution is 7.89. The third-order valence-electron chi connectivity index (χ3n) is 6.55. The molecule has 2 aromatic carbocycles. The van der Waals surface area contributed by atoms with Gasteiger partial charge in [0.25, 0.3) is 5.91 Å². The van der Waals surface area contributed by atoms with Crippen molar-refractivity contribution in [2.45, 2.75) is 52.1 Å². The second-order valence-corrected chi connectivity index (χ2v) is 11.7. The van der Waals surface area contributed by atoms with E-state index in [9.17, 15) is 13.2 Å². The van der Waals surface area contributed by atoms with Crippen molar-refractivity contribution in [2.75, 3.05) is 26.2 Å². The van der Waals surface area contributed by atoms with Gasteiger partial charge in [0, 0.05) is 44.8 Å². The molecule has 1 saturated heterocycles. The fraction of sp³-hybridized carbons (Fsp3) is 0.462. The number of carbonyl (C=O) groups excluding carboxylic acids is 1. The molecule has 35 heavy (non-hydrogen) atoms. The summed E-state index contributed by atoms with van der Waals surface area (Å²) >= 11 is 0. The summed E-state index contributed by atoms with van der Waals surface area (Å²) in [5, 5.41) is 2.91. The number of aromatic nitrogens is 2. The third kappa shape index (κ3) is 5.12. The summed E-state index contributed by atoms with van der Waals surface area (Å²) in [6, 6.07) is 9.51. The number of carbonyl (C=O) groups is 1. The standard InChI is InChI=1S/C26H35N5O3S/c1-17(2)27-26(32)21-7-8-23-22(15-21)28-24(29(23)6)16-30-9-11-31(12-10-30)35(33,34)25-19(4)13-18(3)14-20(25)5/h7-8,13-15,17H,9-12,16H2,1-6H3,(H,27,32). The third-order valence-corrected chi connectivity index (χ3v) is 8.76. The van der Waals surface area contributed by atoms with E-state index in [2.05, 4.69) is 10.2 Å². The van der Waals surface area contributed by atoms with E-state index in [1.54, 1.807) is 4.31 Å². The van der Waals surface area contributed by atoms with Gasteiger partial charge in [-0.1, -0.05) is 17.7 Å². The van der Waals surface area contributed by atoms with E-state index in [1.165, 1.54) is 0 Å². The largest absolute Gasteiger partial charge is 0.350 e. The first-order valence-electron chi connectivity index (χ1n) is 12.0. The highest BCUT2D eigenvalue weighted by Gasteiger charge is 2.31. The van der Waals surface area contributed by atoms with Crippen LogP contribution in [0.2, 0.25) is 0 Å². The van der Waals surface area contributed by atoms with Crippen LogP contribution < -0.4 is 5.32 Å². The first kappa shape index (κ1) is 25.3. The number of sulfonamides is 1. The topological polar surface area (TPSA) is 87.5 Å². The number of amides is 1. The van der Waals surface area contributed by atoms with Crippen molar-refractivity contribution in [2.24, 2.45) is 7.05 Å². The van der Waals surface area contributed by atoms with Crippen molar-refractivity contribution < 1.29 is 13.2 Å². The van der Waals surface area contributed by atoms with Crippen LogP contribution in [0, 0.1) is 20.8 Å². The molecule has 1 N–H and O–H groups in total. The van der Waals surface area contributed by atoms with Gasteiger partial charge >= 0.3 is 0 Å². The maximum Gasteiger partial charge on any atom is 0.251 e. The van der Waals surface area contributed by atoms with Crippen LogP contribution in [0.15, 0.2) is 35.2 Å². The molecule has 1 aliphatic rings. The summed E-state index contributed by atoms with van der Waals surface area (Å²) in [5.41, 5.74) is 5.01. The van der Waals surface area contributed by atoms with Gasteiger partial charge in [-0.05, 0) is 63.9 Å². The van der Waals surface area contributed by atoms with Crippen LogP contribution in [0.1, 0.15) is 46.7 Å². The zero-order valence-electron chi connectivity index (χ0n) is 21.4. The molecule has 9 heteroatoms. The molecular weight excluding hydrogens is 462 g/mol. The molecule has 2 heterocycles. The zero-order chi connectivity index (χ0) is 25.5. The molecule has 188 valence electrons. The Hall–Kier alpha value is -2.75. The van der Waals surface area contributed by atoms with E-state index in [0.29, 0.717) is 43.2 Å². The summed E-state index contributed by atoms with van der Waals surface area (Å²) in [6.45, 7) is 12.4. The Bertz CT molecular complexity index is 1350. The predicted molar refractivity (Wildman–Crippen MR) is 138 cm³/mol. The second-order valence-electron chi connectivity index (χ2n) is 9.83. The van der Waals surface area contributed by atoms with E-state index < -0.39 is 10.0 Å². The molecule has 4 rings (SSSR count). The number of hydrogen-bond acceptors (Lipinski definition) is 5. The molecule has 3 aromatic rings. The van der Waals surface area contributed by atoms with Crippen LogP contribution in [0.25, 0.3) is 11.0 Å². The SMILES string of the molecule is Cc1cc(C)c(S(=O)(=O)N2CCN(Cc3nc4cc(C(=O)NC(C)C)ccc4n3C)CC2)c(C)c1. The van der Waals surface area contributed by atoms with Crippen LogP contribution in [-0.2, 0) is 23.6 Å². The normalized spacial score (nSPS) is 15.7. The number of nitrogens with one attached hydrogen (secondary N) is 1. The highest BCUT2D eigenvalue weighted by Crippen LogP contribution is 2.26. The van der Waals surface area contributed by atoms with Gasteiger partial charge in [0.15, 0.2) is 0 Å². The molecule has 1 aliphatic heterocycles. The van der Waals surface area contributed by atoms with E-state index >= 15 is 0 Å². The molecule has 0 radical (unpaired) electrons. The number of imidazole rings is 1. The molecule has 0 bridgehead atoms. The predicted octanol–water partition coefficient (Wildman–Crippen LogP) is 3.14. The Balaban J connectivity index is 1.46. The molecule has 0 saturated carbocycles. The molecule has 0 aliphatic carbocycles. The smallest absolute Gasteiger partial charge is 0.251 e. The summed E-state index contributed by atoms with van der Waals surface area (Å²) in [5.74, 6) is 0.786. The van der Waals surface area contributed by atoms with Crippen LogP contribution in [-0.4, -0.2) is 65.3 Å². The highest BCUT2D eigenvalue weighted by atomic mass is 32.2. The lowest BCUT2D eigenvalue weighted by Gasteiger charge is -2.34. The molecule has 0 spiro atoms. The number of hydrogen-bond donors (Lipinski definition) is 1. The second kappa shape index (κ2) is 9.72. The Kier molecular flexibility index (Phi) is 7.04. The number of nitrogens with zero attached hydrogens (tertiary/aromatic N) is 4. The minimum atomic E-state index is -3.54. The van der Waals surface area contributed by atoms with Crippen molar-refractivity contribution in [3.63, 3.8) is 0 Å². The lowest BCUT2D eigenvalue weighted by atomic mass is 10.1. The van der Waals surface area contributed by atoms with Crippen LogP contribution in [0.3, 0.4) is 0 Å². The van der Waals surface area contributed by atoms with E-state index in [4.69, 9.17) is 4.98 Å². The quantitative estimate of drug-likeness (QED) is 0.565. The van der Waals surface area contributed by atoms with Crippen molar-refractivity contribution >= 4 is 27.0 Å². The average molecular weight is 498 g/mol. The Morgan fingerprint density at radius 3 is 2.26 bits per heavy atom. The average Bonchev–Trinajstić information content (AvgIpc) is 3.07. The minimum Gasteiger partial charge on any atom is -0.350 e. The lowest BCUT2D eigenvalue weighted by molar-refractivity contribution is 0.0943. The Labute approximate surface area is 208 Å². The molecule has 1 aromatic heterocycles. The Morgan fingerprint density at radius 2 is 1.66 bits per heavy atom. The van der Waals surface area contributed by atoms with Crippen LogP contribution >= 0.6 is 0 Å². The maximum absolute atomic E-state index is 13.4. The van der Waals surface area contributed by atoms with Crippen molar-refractivity contribution in [1.82, 2.24) is 24.1 Å². The Morgan fingerprint density at radius 1 is 1.03 bits per heavy atom. The molecule has 1 amide bonds. The minimum absolute atomic E-state index is 0.0683. The fourth-order valence-electron chi connectivity index (χ4n) is 4.91. The first-order valence-corrected chi connectivity index (χ1v) is 13.5. The van der Waals surface area contributed by atoms with Crippen LogP contribution in [0.4, 0.5) is 0 Å². The van der Waals surface area contributed by atoms with Gasteiger partial charge in [0.05, 0.1) is 22.5 Å². The van der Waals surface area contributed by atoms with Crippen molar-refractivity contribution in [3.05, 3.63) is 58.4 Å². The number of aryl methyl sites for hydroxylation is 4. The van der Waals surface area contributed by atoms with Crippen molar-refractivity contribution in [3.8, 4) is 0 Å². The first-order chi connectivity index (χ1) is 16.5. The number of rotatable bonds is 6. The number of benzene rings is 2. The summed E-state index contributed by atoms with van der Waals surface area (Å²) in [7, 11) is -1.56. The van der Waals surface area contributed by atoms with E-state index in [-0.39, 0.29) is 11.9 Å². The summed E-state index contributed by atoms with van der Waals surface area (Å²) < 4.78 is 30.4. The molecule has 1 fully saturated rings. The molecule has 0 unspecified atom stereocenters. The maximum atomic E-state index is 13.4. The zero-order valence-corrected chi connectivity index (χ0v) is 22.2. The fourth-order valence-corrected chi connectivity index (χ4v) is 6.74. The van der Waals surface area contributed by atoms with Gasteiger partial charge in [-0.3, -0.25) is 9.69 Å². The van der Waals surface area contributed by atoms with Gasteiger partial charge < -0.3 is 9.88 Å². The van der Waals surface area contributed by atoms with Gasteiger partial charge in [-0.2, -0.15) is 4.31 Å². The molecular formula is C26H35N5O3S. The van der Waals surface area contributed by atoms with Gasteiger partial charge in [-0.25, -0.2) is 13.4 Å². The monoisotopic (exact) mass is 497 g/mol. The summed E-state index contributed by atoms with van der Waals surface area (Å²) in [4.78, 5) is 19.8. The van der Waals surface area contributed by atoms with E-state index in [0.717, 1.165) is 33.5 Å². The van der Waals surface area contributed by atoms with Gasteiger partial charge in [-0.15, -0.1) is 0 Å². The lowest BCUT2D eigenvalue weighted by Crippen LogP contribution is -2.48. The van der Waals surface area contributed by atoms with Crippen molar-refractivity contribution in [1.29, 1.82) is 0 Å². The molecule has 0 atom stereocenters.